The van der Waals surface area contributed by atoms with Crippen molar-refractivity contribution in [3.8, 4) is 6.07 Å². The molecule has 96 valence electrons. The number of nitriles is 1. The van der Waals surface area contributed by atoms with Crippen LogP contribution in [0.15, 0.2) is 42.5 Å². The number of nitrogens with zero attached hydrogens (tertiary/aromatic N) is 2. The Morgan fingerprint density at radius 3 is 2.53 bits per heavy atom. The molecule has 0 aliphatic heterocycles. The minimum Gasteiger partial charge on any atom is -0.369 e. The summed E-state index contributed by atoms with van der Waals surface area (Å²) in [6, 6.07) is 16.5. The van der Waals surface area contributed by atoms with Crippen LogP contribution < -0.4 is 4.90 Å². The number of aryl methyl sites for hydroxylation is 2. The third-order valence-corrected chi connectivity index (χ3v) is 3.35. The van der Waals surface area contributed by atoms with Gasteiger partial charge in [0.25, 0.3) is 0 Å². The van der Waals surface area contributed by atoms with E-state index in [1.807, 2.05) is 32.2 Å². The van der Waals surface area contributed by atoms with E-state index < -0.39 is 0 Å². The van der Waals surface area contributed by atoms with Crippen LogP contribution in [0.3, 0.4) is 0 Å². The normalized spacial score (nSPS) is 10.0. The van der Waals surface area contributed by atoms with Crippen LogP contribution >= 0.6 is 0 Å². The summed E-state index contributed by atoms with van der Waals surface area (Å²) < 4.78 is 0. The first kappa shape index (κ1) is 13.2. The van der Waals surface area contributed by atoms with Gasteiger partial charge >= 0.3 is 0 Å². The van der Waals surface area contributed by atoms with Crippen LogP contribution in [0.25, 0.3) is 0 Å². The van der Waals surface area contributed by atoms with Crippen LogP contribution in [0.1, 0.15) is 22.3 Å². The Labute approximate surface area is 114 Å². The van der Waals surface area contributed by atoms with Gasteiger partial charge in [0, 0.05) is 13.6 Å². The minimum atomic E-state index is 0.724. The van der Waals surface area contributed by atoms with Gasteiger partial charge in [-0.2, -0.15) is 5.26 Å². The fourth-order valence-electron chi connectivity index (χ4n) is 2.18. The summed E-state index contributed by atoms with van der Waals surface area (Å²) >= 11 is 0. The van der Waals surface area contributed by atoms with Crippen molar-refractivity contribution in [3.63, 3.8) is 0 Å². The van der Waals surface area contributed by atoms with Gasteiger partial charge in [-0.25, -0.2) is 0 Å². The molecule has 2 aromatic rings. The van der Waals surface area contributed by atoms with Gasteiger partial charge < -0.3 is 4.90 Å². The Kier molecular flexibility index (Phi) is 3.87. The second-order valence-corrected chi connectivity index (χ2v) is 4.91. The summed E-state index contributed by atoms with van der Waals surface area (Å²) in [4.78, 5) is 2.13. The van der Waals surface area contributed by atoms with Crippen LogP contribution in [-0.4, -0.2) is 7.05 Å². The van der Waals surface area contributed by atoms with Crippen LogP contribution in [0.2, 0.25) is 0 Å². The fraction of sp³-hybridized carbons (Fsp3) is 0.235. The van der Waals surface area contributed by atoms with Crippen molar-refractivity contribution >= 4 is 5.69 Å². The first-order chi connectivity index (χ1) is 9.11. The zero-order valence-electron chi connectivity index (χ0n) is 11.6. The number of hydrogen-bond acceptors (Lipinski definition) is 2. The Morgan fingerprint density at radius 1 is 1.11 bits per heavy atom. The zero-order chi connectivity index (χ0) is 13.8. The van der Waals surface area contributed by atoms with Gasteiger partial charge in [0.2, 0.25) is 0 Å². The van der Waals surface area contributed by atoms with Crippen molar-refractivity contribution in [2.45, 2.75) is 20.4 Å². The summed E-state index contributed by atoms with van der Waals surface area (Å²) in [6.07, 6.45) is 0. The highest BCUT2D eigenvalue weighted by atomic mass is 15.1. The highest BCUT2D eigenvalue weighted by molar-refractivity contribution is 5.60. The van der Waals surface area contributed by atoms with Gasteiger partial charge in [0.1, 0.15) is 6.07 Å². The highest BCUT2D eigenvalue weighted by Gasteiger charge is 2.09. The zero-order valence-corrected chi connectivity index (χ0v) is 11.6. The smallest absolute Gasteiger partial charge is 0.101 e. The molecule has 2 nitrogen and oxygen atoms in total. The number of anilines is 1. The summed E-state index contributed by atoms with van der Waals surface area (Å²) in [7, 11) is 2.03. The summed E-state index contributed by atoms with van der Waals surface area (Å²) in [5, 5.41) is 9.20. The van der Waals surface area contributed by atoms with Crippen molar-refractivity contribution in [1.82, 2.24) is 0 Å². The molecule has 0 N–H and O–H groups in total. The van der Waals surface area contributed by atoms with Gasteiger partial charge in [0.05, 0.1) is 11.3 Å². The molecule has 0 saturated carbocycles. The standard InChI is InChI=1S/C17H18N2/c1-13-8-9-15(11-18)17(10-13)19(3)12-16-7-5-4-6-14(16)2/h4-10H,12H2,1-3H3. The van der Waals surface area contributed by atoms with Gasteiger partial charge in [-0.3, -0.25) is 0 Å². The van der Waals surface area contributed by atoms with E-state index in [0.29, 0.717) is 0 Å². The molecule has 0 radical (unpaired) electrons. The molecule has 0 saturated heterocycles. The van der Waals surface area contributed by atoms with Crippen LogP contribution in [0, 0.1) is 25.2 Å². The van der Waals surface area contributed by atoms with Crippen molar-refractivity contribution in [2.24, 2.45) is 0 Å². The molecule has 19 heavy (non-hydrogen) atoms. The second kappa shape index (κ2) is 5.58. The largest absolute Gasteiger partial charge is 0.369 e. The van der Waals surface area contributed by atoms with E-state index >= 15 is 0 Å². The van der Waals surface area contributed by atoms with Crippen LogP contribution in [0.4, 0.5) is 5.69 Å². The molecule has 0 amide bonds. The van der Waals surface area contributed by atoms with Crippen molar-refractivity contribution in [2.75, 3.05) is 11.9 Å². The molecular formula is C17H18N2. The molecule has 0 spiro atoms. The molecular weight excluding hydrogens is 232 g/mol. The van der Waals surface area contributed by atoms with Gasteiger partial charge in [-0.15, -0.1) is 0 Å². The molecule has 2 rings (SSSR count). The van der Waals surface area contributed by atoms with E-state index in [-0.39, 0.29) is 0 Å². The average molecular weight is 250 g/mol. The van der Waals surface area contributed by atoms with Crippen LogP contribution in [-0.2, 0) is 6.54 Å². The molecule has 0 unspecified atom stereocenters. The quantitative estimate of drug-likeness (QED) is 0.828. The van der Waals surface area contributed by atoms with Crippen LogP contribution in [0.5, 0.6) is 0 Å². The number of rotatable bonds is 3. The fourth-order valence-corrected chi connectivity index (χ4v) is 2.18. The lowest BCUT2D eigenvalue weighted by Gasteiger charge is -2.22. The van der Waals surface area contributed by atoms with Crippen molar-refractivity contribution < 1.29 is 0 Å². The Hall–Kier alpha value is -2.27. The SMILES string of the molecule is Cc1ccc(C#N)c(N(C)Cc2ccccc2C)c1. The molecule has 2 heteroatoms. The summed E-state index contributed by atoms with van der Waals surface area (Å²) in [6.45, 7) is 4.97. The Morgan fingerprint density at radius 2 is 1.84 bits per heavy atom. The maximum Gasteiger partial charge on any atom is 0.101 e. The van der Waals surface area contributed by atoms with Crippen molar-refractivity contribution in [1.29, 1.82) is 5.26 Å². The van der Waals surface area contributed by atoms with E-state index in [0.717, 1.165) is 17.8 Å². The topological polar surface area (TPSA) is 27.0 Å². The van der Waals surface area contributed by atoms with Gasteiger partial charge in [0.15, 0.2) is 0 Å². The third kappa shape index (κ3) is 2.95. The van der Waals surface area contributed by atoms with Gasteiger partial charge in [-0.1, -0.05) is 30.3 Å². The predicted molar refractivity (Wildman–Crippen MR) is 79.2 cm³/mol. The third-order valence-electron chi connectivity index (χ3n) is 3.35. The molecule has 0 bridgehead atoms. The molecule has 0 fully saturated rings. The maximum absolute atomic E-state index is 9.20. The number of benzene rings is 2. The molecule has 2 aromatic carbocycles. The molecule has 0 heterocycles. The first-order valence-corrected chi connectivity index (χ1v) is 6.38. The minimum absolute atomic E-state index is 0.724. The van der Waals surface area contributed by atoms with E-state index in [4.69, 9.17) is 0 Å². The van der Waals surface area contributed by atoms with E-state index in [9.17, 15) is 5.26 Å². The maximum atomic E-state index is 9.20. The van der Waals surface area contributed by atoms with E-state index in [2.05, 4.69) is 42.2 Å². The predicted octanol–water partition coefficient (Wildman–Crippen LogP) is 3.81. The summed E-state index contributed by atoms with van der Waals surface area (Å²) in [5.74, 6) is 0. The van der Waals surface area contributed by atoms with Crippen molar-refractivity contribution in [3.05, 3.63) is 64.7 Å². The van der Waals surface area contributed by atoms with Gasteiger partial charge in [-0.05, 0) is 42.7 Å². The average Bonchev–Trinajstić information content (AvgIpc) is 2.41. The molecule has 0 aromatic heterocycles. The molecule has 0 atom stereocenters. The lowest BCUT2D eigenvalue weighted by atomic mass is 10.1. The summed E-state index contributed by atoms with van der Waals surface area (Å²) in [5.41, 5.74) is 5.45. The first-order valence-electron chi connectivity index (χ1n) is 6.38. The highest BCUT2D eigenvalue weighted by Crippen LogP contribution is 2.23. The monoisotopic (exact) mass is 250 g/mol. The molecule has 0 aliphatic carbocycles. The molecule has 0 aliphatic rings. The number of hydrogen-bond donors (Lipinski definition) is 0. The lowest BCUT2D eigenvalue weighted by Crippen LogP contribution is -2.18. The lowest BCUT2D eigenvalue weighted by molar-refractivity contribution is 0.911. The Bertz CT molecular complexity index is 623. The van der Waals surface area contributed by atoms with E-state index in [1.54, 1.807) is 0 Å². The Balaban J connectivity index is 2.30. The second-order valence-electron chi connectivity index (χ2n) is 4.91. The van der Waals surface area contributed by atoms with E-state index in [1.165, 1.54) is 16.7 Å².